The van der Waals surface area contributed by atoms with E-state index in [2.05, 4.69) is 6.92 Å². The normalized spacial score (nSPS) is 12.1. The number of fused-ring (bicyclic) bond motifs is 1. The Morgan fingerprint density at radius 3 is 2.55 bits per heavy atom. The molecule has 0 saturated heterocycles. The number of benzene rings is 2. The van der Waals surface area contributed by atoms with Crippen LogP contribution in [0.3, 0.4) is 0 Å². The van der Waals surface area contributed by atoms with E-state index in [1.807, 2.05) is 74.2 Å². The van der Waals surface area contributed by atoms with Gasteiger partial charge in [-0.3, -0.25) is 14.2 Å². The van der Waals surface area contributed by atoms with Crippen molar-refractivity contribution in [1.82, 2.24) is 14.5 Å². The van der Waals surface area contributed by atoms with Gasteiger partial charge in [-0.1, -0.05) is 57.4 Å². The van der Waals surface area contributed by atoms with Crippen molar-refractivity contribution >= 4 is 16.8 Å². The van der Waals surface area contributed by atoms with Crippen molar-refractivity contribution in [2.24, 2.45) is 0 Å². The Balaban J connectivity index is 2.15. The Hall–Kier alpha value is -2.95. The minimum absolute atomic E-state index is 0.0854. The lowest BCUT2D eigenvalue weighted by Gasteiger charge is -2.30. The average molecular weight is 420 g/mol. The fourth-order valence-corrected chi connectivity index (χ4v) is 4.03. The van der Waals surface area contributed by atoms with Crippen LogP contribution in [0.15, 0.2) is 53.3 Å². The molecule has 5 nitrogen and oxygen atoms in total. The molecule has 0 saturated carbocycles. The summed E-state index contributed by atoms with van der Waals surface area (Å²) in [5, 5.41) is 0.580. The van der Waals surface area contributed by atoms with Gasteiger partial charge in [-0.05, 0) is 50.1 Å². The molecule has 31 heavy (non-hydrogen) atoms. The fourth-order valence-electron chi connectivity index (χ4n) is 4.03. The Morgan fingerprint density at radius 2 is 1.84 bits per heavy atom. The first-order chi connectivity index (χ1) is 15.0. The van der Waals surface area contributed by atoms with Gasteiger partial charge in [0.05, 0.1) is 22.6 Å². The second-order valence-corrected chi connectivity index (χ2v) is 8.14. The summed E-state index contributed by atoms with van der Waals surface area (Å²) in [6, 6.07) is 15.0. The van der Waals surface area contributed by atoms with Crippen LogP contribution in [0, 0.1) is 6.92 Å². The molecule has 0 bridgehead atoms. The van der Waals surface area contributed by atoms with Crippen molar-refractivity contribution in [3.05, 3.63) is 70.3 Å². The van der Waals surface area contributed by atoms with Crippen molar-refractivity contribution in [3.8, 4) is 5.69 Å². The second-order valence-electron chi connectivity index (χ2n) is 8.14. The van der Waals surface area contributed by atoms with Gasteiger partial charge in [0.25, 0.3) is 5.56 Å². The van der Waals surface area contributed by atoms with Gasteiger partial charge in [-0.25, -0.2) is 4.98 Å². The standard InChI is InChI=1S/C26H33N3O2/c1-5-7-8-11-17-28(24(30)6-2)20(4)25-27-23-16-10-9-15-22(23)26(31)29(25)21-14-12-13-19(3)18-21/h9-10,12-16,18,20H,5-8,11,17H2,1-4H3. The molecule has 1 aromatic heterocycles. The summed E-state index contributed by atoms with van der Waals surface area (Å²) in [6.07, 6.45) is 4.78. The average Bonchev–Trinajstić information content (AvgIpc) is 2.78. The summed E-state index contributed by atoms with van der Waals surface area (Å²) >= 11 is 0. The highest BCUT2D eigenvalue weighted by Crippen LogP contribution is 2.24. The van der Waals surface area contributed by atoms with Gasteiger partial charge in [0.1, 0.15) is 5.82 Å². The fraction of sp³-hybridized carbons (Fsp3) is 0.423. The molecular formula is C26H33N3O2. The van der Waals surface area contributed by atoms with Gasteiger partial charge in [0.15, 0.2) is 0 Å². The van der Waals surface area contributed by atoms with E-state index in [9.17, 15) is 9.59 Å². The summed E-state index contributed by atoms with van der Waals surface area (Å²) < 4.78 is 1.68. The lowest BCUT2D eigenvalue weighted by atomic mass is 10.1. The molecule has 3 aromatic rings. The first-order valence-corrected chi connectivity index (χ1v) is 11.4. The summed E-state index contributed by atoms with van der Waals surface area (Å²) in [7, 11) is 0. The first-order valence-electron chi connectivity index (χ1n) is 11.4. The van der Waals surface area contributed by atoms with Crippen LogP contribution in [0.5, 0.6) is 0 Å². The predicted molar refractivity (Wildman–Crippen MR) is 127 cm³/mol. The summed E-state index contributed by atoms with van der Waals surface area (Å²) in [5.74, 6) is 0.689. The smallest absolute Gasteiger partial charge is 0.266 e. The highest BCUT2D eigenvalue weighted by Gasteiger charge is 2.25. The van der Waals surface area contributed by atoms with E-state index in [0.717, 1.165) is 36.9 Å². The maximum atomic E-state index is 13.5. The van der Waals surface area contributed by atoms with Gasteiger partial charge in [-0.15, -0.1) is 0 Å². The van der Waals surface area contributed by atoms with Gasteiger partial charge >= 0.3 is 0 Å². The maximum absolute atomic E-state index is 13.5. The largest absolute Gasteiger partial charge is 0.333 e. The van der Waals surface area contributed by atoms with Crippen LogP contribution in [0.2, 0.25) is 0 Å². The SMILES string of the molecule is CCCCCCN(C(=O)CC)C(C)c1nc2ccccc2c(=O)n1-c1cccc(C)c1. The zero-order valence-corrected chi connectivity index (χ0v) is 19.1. The van der Waals surface area contributed by atoms with Crippen molar-refractivity contribution in [2.75, 3.05) is 6.54 Å². The van der Waals surface area contributed by atoms with E-state index in [4.69, 9.17) is 4.98 Å². The van der Waals surface area contributed by atoms with E-state index in [-0.39, 0.29) is 17.5 Å². The topological polar surface area (TPSA) is 55.2 Å². The Morgan fingerprint density at radius 1 is 1.06 bits per heavy atom. The number of carbonyl (C=O) groups is 1. The molecule has 0 radical (unpaired) electrons. The molecule has 1 amide bonds. The maximum Gasteiger partial charge on any atom is 0.266 e. The number of aryl methyl sites for hydroxylation is 1. The third-order valence-electron chi connectivity index (χ3n) is 5.78. The quantitative estimate of drug-likeness (QED) is 0.426. The van der Waals surface area contributed by atoms with Crippen LogP contribution >= 0.6 is 0 Å². The Kier molecular flexibility index (Phi) is 7.61. The second kappa shape index (κ2) is 10.4. The molecule has 1 heterocycles. The van der Waals surface area contributed by atoms with Crippen LogP contribution in [-0.4, -0.2) is 26.9 Å². The number of nitrogens with zero attached hydrogens (tertiary/aromatic N) is 3. The molecule has 1 unspecified atom stereocenters. The molecule has 0 aliphatic carbocycles. The van der Waals surface area contributed by atoms with E-state index >= 15 is 0 Å². The summed E-state index contributed by atoms with van der Waals surface area (Å²) in [4.78, 5) is 33.2. The molecule has 0 aliphatic heterocycles. The van der Waals surface area contributed by atoms with Crippen LogP contribution < -0.4 is 5.56 Å². The number of amides is 1. The number of para-hydroxylation sites is 1. The molecule has 3 rings (SSSR count). The minimum Gasteiger partial charge on any atom is -0.333 e. The van der Waals surface area contributed by atoms with Gasteiger partial charge in [-0.2, -0.15) is 0 Å². The van der Waals surface area contributed by atoms with E-state index < -0.39 is 0 Å². The number of hydrogen-bond donors (Lipinski definition) is 0. The van der Waals surface area contributed by atoms with Gasteiger partial charge in [0.2, 0.25) is 5.91 Å². The Labute approximate surface area is 184 Å². The van der Waals surface area contributed by atoms with Crippen LogP contribution in [0.1, 0.15) is 70.3 Å². The number of aromatic nitrogens is 2. The Bertz CT molecular complexity index is 1100. The van der Waals surface area contributed by atoms with E-state index in [1.54, 1.807) is 4.57 Å². The molecule has 0 spiro atoms. The first kappa shape index (κ1) is 22.7. The number of carbonyl (C=O) groups excluding carboxylic acids is 1. The monoisotopic (exact) mass is 419 g/mol. The van der Waals surface area contributed by atoms with Crippen LogP contribution in [0.4, 0.5) is 0 Å². The van der Waals surface area contributed by atoms with E-state index in [1.165, 1.54) is 0 Å². The van der Waals surface area contributed by atoms with Crippen LogP contribution in [0.25, 0.3) is 16.6 Å². The van der Waals surface area contributed by atoms with Crippen molar-refractivity contribution < 1.29 is 4.79 Å². The van der Waals surface area contributed by atoms with Crippen molar-refractivity contribution in [3.63, 3.8) is 0 Å². The molecule has 164 valence electrons. The third-order valence-corrected chi connectivity index (χ3v) is 5.78. The molecule has 0 aliphatic rings. The summed E-state index contributed by atoms with van der Waals surface area (Å²) in [6.45, 7) is 8.72. The lowest BCUT2D eigenvalue weighted by Crippen LogP contribution is -2.37. The molecule has 5 heteroatoms. The van der Waals surface area contributed by atoms with Gasteiger partial charge in [0, 0.05) is 13.0 Å². The summed E-state index contributed by atoms with van der Waals surface area (Å²) in [5.41, 5.74) is 2.40. The van der Waals surface area contributed by atoms with Crippen LogP contribution in [-0.2, 0) is 4.79 Å². The lowest BCUT2D eigenvalue weighted by molar-refractivity contribution is -0.133. The molecule has 1 atom stereocenters. The highest BCUT2D eigenvalue weighted by atomic mass is 16.2. The van der Waals surface area contributed by atoms with Crippen molar-refractivity contribution in [1.29, 1.82) is 0 Å². The zero-order valence-electron chi connectivity index (χ0n) is 19.1. The van der Waals surface area contributed by atoms with Crippen molar-refractivity contribution in [2.45, 2.75) is 65.8 Å². The highest BCUT2D eigenvalue weighted by molar-refractivity contribution is 5.78. The third kappa shape index (κ3) is 5.04. The van der Waals surface area contributed by atoms with Gasteiger partial charge < -0.3 is 4.90 Å². The number of unbranched alkanes of at least 4 members (excludes halogenated alkanes) is 3. The number of hydrogen-bond acceptors (Lipinski definition) is 3. The molecular weight excluding hydrogens is 386 g/mol. The van der Waals surface area contributed by atoms with E-state index in [0.29, 0.717) is 29.7 Å². The molecule has 0 N–H and O–H groups in total. The predicted octanol–water partition coefficient (Wildman–Crippen LogP) is 5.57. The zero-order chi connectivity index (χ0) is 22.4. The minimum atomic E-state index is -0.313. The molecule has 2 aromatic carbocycles. The molecule has 0 fully saturated rings. The number of rotatable bonds is 9.